The van der Waals surface area contributed by atoms with Gasteiger partial charge in [0.25, 0.3) is 0 Å². The molecule has 1 N–H and O–H groups in total. The first-order valence-corrected chi connectivity index (χ1v) is 7.55. The van der Waals surface area contributed by atoms with Crippen molar-refractivity contribution in [1.29, 1.82) is 0 Å². The highest BCUT2D eigenvalue weighted by Crippen LogP contribution is 2.20. The van der Waals surface area contributed by atoms with Crippen molar-refractivity contribution >= 4 is 11.8 Å². The first-order valence-electron chi connectivity index (χ1n) is 6.56. The minimum Gasteiger partial charge on any atom is -0.392 e. The Balaban J connectivity index is 1.84. The van der Waals surface area contributed by atoms with Gasteiger partial charge in [-0.2, -0.15) is 0 Å². The molecule has 0 spiro atoms. The zero-order valence-corrected chi connectivity index (χ0v) is 12.3. The zero-order valence-electron chi connectivity index (χ0n) is 11.5. The van der Waals surface area contributed by atoms with Crippen LogP contribution in [0.1, 0.15) is 16.7 Å². The van der Waals surface area contributed by atoms with Gasteiger partial charge in [0.05, 0.1) is 6.10 Å². The van der Waals surface area contributed by atoms with Crippen LogP contribution in [0.15, 0.2) is 53.4 Å². The summed E-state index contributed by atoms with van der Waals surface area (Å²) in [7, 11) is 0. The number of thioether (sulfide) groups is 1. The van der Waals surface area contributed by atoms with Crippen LogP contribution in [-0.4, -0.2) is 17.0 Å². The van der Waals surface area contributed by atoms with Crippen molar-refractivity contribution in [2.75, 3.05) is 5.75 Å². The fourth-order valence-electron chi connectivity index (χ4n) is 2.00. The van der Waals surface area contributed by atoms with E-state index in [1.54, 1.807) is 11.8 Å². The molecule has 19 heavy (non-hydrogen) atoms. The van der Waals surface area contributed by atoms with Gasteiger partial charge in [-0.25, -0.2) is 0 Å². The van der Waals surface area contributed by atoms with Gasteiger partial charge in [-0.15, -0.1) is 11.8 Å². The Morgan fingerprint density at radius 1 is 1.00 bits per heavy atom. The van der Waals surface area contributed by atoms with E-state index in [9.17, 15) is 5.11 Å². The fourth-order valence-corrected chi connectivity index (χ4v) is 2.83. The van der Waals surface area contributed by atoms with E-state index < -0.39 is 0 Å². The lowest BCUT2D eigenvalue weighted by Gasteiger charge is -2.11. The van der Waals surface area contributed by atoms with Gasteiger partial charge in [-0.1, -0.05) is 47.5 Å². The molecule has 0 saturated heterocycles. The molecule has 0 bridgehead atoms. The summed E-state index contributed by atoms with van der Waals surface area (Å²) < 4.78 is 0. The molecular formula is C17H20OS. The standard InChI is InChI=1S/C17H20OS/c1-13-6-8-17(9-7-13)19-12-16(18)11-15-5-3-4-14(2)10-15/h3-10,16,18H,11-12H2,1-2H3. The van der Waals surface area contributed by atoms with Crippen molar-refractivity contribution in [3.05, 3.63) is 65.2 Å². The SMILES string of the molecule is Cc1ccc(SCC(O)Cc2cccc(C)c2)cc1. The predicted molar refractivity (Wildman–Crippen MR) is 82.8 cm³/mol. The summed E-state index contributed by atoms with van der Waals surface area (Å²) in [5.41, 5.74) is 3.72. The molecule has 2 aromatic rings. The average molecular weight is 272 g/mol. The summed E-state index contributed by atoms with van der Waals surface area (Å²) in [4.78, 5) is 1.22. The first-order chi connectivity index (χ1) is 9.13. The lowest BCUT2D eigenvalue weighted by Crippen LogP contribution is -2.13. The molecule has 0 aromatic heterocycles. The molecule has 0 heterocycles. The van der Waals surface area contributed by atoms with Crippen LogP contribution in [0.25, 0.3) is 0 Å². The second-order valence-electron chi connectivity index (χ2n) is 4.97. The fraction of sp³-hybridized carbons (Fsp3) is 0.294. The molecule has 0 amide bonds. The Labute approximate surface area is 119 Å². The van der Waals surface area contributed by atoms with Gasteiger partial charge in [0.15, 0.2) is 0 Å². The summed E-state index contributed by atoms with van der Waals surface area (Å²) in [5, 5.41) is 10.1. The monoisotopic (exact) mass is 272 g/mol. The first kappa shape index (κ1) is 14.2. The van der Waals surface area contributed by atoms with Gasteiger partial charge in [0, 0.05) is 10.6 Å². The molecule has 1 atom stereocenters. The van der Waals surface area contributed by atoms with E-state index >= 15 is 0 Å². The molecule has 2 heteroatoms. The van der Waals surface area contributed by atoms with Crippen LogP contribution in [0, 0.1) is 13.8 Å². The number of hydrogen-bond acceptors (Lipinski definition) is 2. The smallest absolute Gasteiger partial charge is 0.0674 e. The van der Waals surface area contributed by atoms with Gasteiger partial charge in [-0.3, -0.25) is 0 Å². The Bertz CT molecular complexity index is 519. The van der Waals surface area contributed by atoms with Crippen molar-refractivity contribution in [3.8, 4) is 0 Å². The minimum atomic E-state index is -0.298. The van der Waals surface area contributed by atoms with Crippen LogP contribution in [0.5, 0.6) is 0 Å². The maximum atomic E-state index is 10.1. The van der Waals surface area contributed by atoms with Crippen LogP contribution in [0.3, 0.4) is 0 Å². The molecule has 0 aliphatic rings. The van der Waals surface area contributed by atoms with E-state index in [1.165, 1.54) is 21.6 Å². The third-order valence-corrected chi connectivity index (χ3v) is 4.17. The quantitative estimate of drug-likeness (QED) is 0.830. The highest BCUT2D eigenvalue weighted by Gasteiger charge is 2.06. The van der Waals surface area contributed by atoms with Gasteiger partial charge >= 0.3 is 0 Å². The molecule has 0 radical (unpaired) electrons. The summed E-state index contributed by atoms with van der Waals surface area (Å²) >= 11 is 1.71. The molecule has 100 valence electrons. The molecule has 1 nitrogen and oxygen atoms in total. The van der Waals surface area contributed by atoms with Gasteiger partial charge in [-0.05, 0) is 38.0 Å². The number of rotatable bonds is 5. The number of hydrogen-bond donors (Lipinski definition) is 1. The van der Waals surface area contributed by atoms with E-state index in [-0.39, 0.29) is 6.10 Å². The molecule has 0 aliphatic heterocycles. The largest absolute Gasteiger partial charge is 0.392 e. The molecule has 2 rings (SSSR count). The van der Waals surface area contributed by atoms with E-state index in [1.807, 2.05) is 6.07 Å². The van der Waals surface area contributed by atoms with E-state index in [0.717, 1.165) is 12.2 Å². The lowest BCUT2D eigenvalue weighted by atomic mass is 10.1. The van der Waals surface area contributed by atoms with Crippen LogP contribution in [0.2, 0.25) is 0 Å². The highest BCUT2D eigenvalue weighted by atomic mass is 32.2. The number of aliphatic hydroxyl groups excluding tert-OH is 1. The maximum Gasteiger partial charge on any atom is 0.0674 e. The third kappa shape index (κ3) is 4.73. The van der Waals surface area contributed by atoms with Crippen molar-refractivity contribution in [2.45, 2.75) is 31.3 Å². The zero-order chi connectivity index (χ0) is 13.7. The summed E-state index contributed by atoms with van der Waals surface area (Å²) in [6.07, 6.45) is 0.425. The highest BCUT2D eigenvalue weighted by molar-refractivity contribution is 7.99. The van der Waals surface area contributed by atoms with E-state index in [2.05, 4.69) is 56.3 Å². The summed E-state index contributed by atoms with van der Waals surface area (Å²) in [5.74, 6) is 0.733. The molecular weight excluding hydrogens is 252 g/mol. The van der Waals surface area contributed by atoms with Gasteiger partial charge in [0.2, 0.25) is 0 Å². The van der Waals surface area contributed by atoms with E-state index in [0.29, 0.717) is 0 Å². The van der Waals surface area contributed by atoms with Crippen molar-refractivity contribution in [2.24, 2.45) is 0 Å². The molecule has 0 saturated carbocycles. The molecule has 0 aliphatic carbocycles. The summed E-state index contributed by atoms with van der Waals surface area (Å²) in [6, 6.07) is 16.8. The van der Waals surface area contributed by atoms with Crippen LogP contribution < -0.4 is 0 Å². The molecule has 1 unspecified atom stereocenters. The van der Waals surface area contributed by atoms with Gasteiger partial charge < -0.3 is 5.11 Å². The topological polar surface area (TPSA) is 20.2 Å². The Morgan fingerprint density at radius 2 is 1.74 bits per heavy atom. The number of aliphatic hydroxyl groups is 1. The van der Waals surface area contributed by atoms with Crippen LogP contribution in [0.4, 0.5) is 0 Å². The second-order valence-corrected chi connectivity index (χ2v) is 6.06. The van der Waals surface area contributed by atoms with Crippen molar-refractivity contribution in [3.63, 3.8) is 0 Å². The molecule has 2 aromatic carbocycles. The minimum absolute atomic E-state index is 0.298. The predicted octanol–water partition coefficient (Wildman–Crippen LogP) is 4.00. The lowest BCUT2D eigenvalue weighted by molar-refractivity contribution is 0.200. The van der Waals surface area contributed by atoms with Crippen molar-refractivity contribution < 1.29 is 5.11 Å². The normalized spacial score (nSPS) is 12.4. The summed E-state index contributed by atoms with van der Waals surface area (Å²) in [6.45, 7) is 4.16. The number of aryl methyl sites for hydroxylation is 2. The Hall–Kier alpha value is -1.25. The number of benzene rings is 2. The molecule has 0 fully saturated rings. The van der Waals surface area contributed by atoms with Gasteiger partial charge in [0.1, 0.15) is 0 Å². The average Bonchev–Trinajstić information content (AvgIpc) is 2.38. The Morgan fingerprint density at radius 3 is 2.42 bits per heavy atom. The maximum absolute atomic E-state index is 10.1. The van der Waals surface area contributed by atoms with Crippen molar-refractivity contribution in [1.82, 2.24) is 0 Å². The van der Waals surface area contributed by atoms with E-state index in [4.69, 9.17) is 0 Å². The second kappa shape index (κ2) is 6.78. The van der Waals surface area contributed by atoms with Crippen LogP contribution in [-0.2, 0) is 6.42 Å². The van der Waals surface area contributed by atoms with Crippen LogP contribution >= 0.6 is 11.8 Å². The Kier molecular flexibility index (Phi) is 5.06. The third-order valence-electron chi connectivity index (χ3n) is 3.02.